The number of carbonyl (C=O) groups excluding carboxylic acids is 1. The number of methoxy groups -OCH3 is 1. The summed E-state index contributed by atoms with van der Waals surface area (Å²) in [7, 11) is 1.65. The second kappa shape index (κ2) is 7.36. The summed E-state index contributed by atoms with van der Waals surface area (Å²) in [5.41, 5.74) is 2.68. The molecule has 0 bridgehead atoms. The first-order valence-corrected chi connectivity index (χ1v) is 8.15. The molecule has 2 N–H and O–H groups in total. The van der Waals surface area contributed by atoms with Crippen molar-refractivity contribution in [2.75, 3.05) is 25.6 Å². The van der Waals surface area contributed by atoms with Crippen LogP contribution in [0.3, 0.4) is 0 Å². The largest absolute Gasteiger partial charge is 0.496 e. The molecular weight excluding hydrogens is 304 g/mol. The van der Waals surface area contributed by atoms with Gasteiger partial charge in [-0.2, -0.15) is 0 Å². The van der Waals surface area contributed by atoms with Crippen LogP contribution in [0.5, 0.6) is 5.75 Å². The normalized spacial score (nSPS) is 16.9. The van der Waals surface area contributed by atoms with Crippen LogP contribution < -0.4 is 10.1 Å². The molecule has 0 aliphatic carbocycles. The Morgan fingerprint density at radius 2 is 2.12 bits per heavy atom. The van der Waals surface area contributed by atoms with Crippen molar-refractivity contribution >= 4 is 11.7 Å². The lowest BCUT2D eigenvalue weighted by molar-refractivity contribution is 0.166. The summed E-state index contributed by atoms with van der Waals surface area (Å²) in [5, 5.41) is 12.3. The third-order valence-corrected chi connectivity index (χ3v) is 4.38. The SMILES string of the molecule is COc1ccccc1-c1cccc(NC(=O)N2CCC[C@H]2CO)c1. The maximum absolute atomic E-state index is 12.4. The molecule has 0 aromatic heterocycles. The molecule has 0 radical (unpaired) electrons. The summed E-state index contributed by atoms with van der Waals surface area (Å²) in [6.07, 6.45) is 1.78. The van der Waals surface area contributed by atoms with Gasteiger partial charge in [-0.3, -0.25) is 0 Å². The van der Waals surface area contributed by atoms with Crippen molar-refractivity contribution < 1.29 is 14.6 Å². The van der Waals surface area contributed by atoms with Crippen LogP contribution in [0.1, 0.15) is 12.8 Å². The number of benzene rings is 2. The van der Waals surface area contributed by atoms with Crippen LogP contribution in [0.2, 0.25) is 0 Å². The number of nitrogens with zero attached hydrogens (tertiary/aromatic N) is 1. The molecule has 1 fully saturated rings. The van der Waals surface area contributed by atoms with Crippen molar-refractivity contribution in [3.05, 3.63) is 48.5 Å². The van der Waals surface area contributed by atoms with Gasteiger partial charge in [-0.1, -0.05) is 30.3 Å². The zero-order valence-electron chi connectivity index (χ0n) is 13.7. The molecule has 5 nitrogen and oxygen atoms in total. The predicted molar refractivity (Wildman–Crippen MR) is 94.3 cm³/mol. The predicted octanol–water partition coefficient (Wildman–Crippen LogP) is 3.35. The lowest BCUT2D eigenvalue weighted by Crippen LogP contribution is -2.40. The van der Waals surface area contributed by atoms with E-state index in [1.807, 2.05) is 48.5 Å². The molecule has 2 amide bonds. The number of likely N-dealkylation sites (tertiary alicyclic amines) is 1. The van der Waals surface area contributed by atoms with Crippen molar-refractivity contribution in [3.8, 4) is 16.9 Å². The maximum Gasteiger partial charge on any atom is 0.322 e. The number of aliphatic hydroxyl groups excluding tert-OH is 1. The number of anilines is 1. The minimum absolute atomic E-state index is 0.00861. The zero-order chi connectivity index (χ0) is 16.9. The van der Waals surface area contributed by atoms with Crippen LogP contribution in [-0.2, 0) is 0 Å². The number of hydrogen-bond donors (Lipinski definition) is 2. The molecule has 1 aliphatic rings. The van der Waals surface area contributed by atoms with E-state index in [-0.39, 0.29) is 18.7 Å². The Labute approximate surface area is 141 Å². The van der Waals surface area contributed by atoms with Gasteiger partial charge < -0.3 is 20.1 Å². The molecule has 5 heteroatoms. The second-order valence-corrected chi connectivity index (χ2v) is 5.88. The van der Waals surface area contributed by atoms with E-state index in [2.05, 4.69) is 5.32 Å². The smallest absolute Gasteiger partial charge is 0.322 e. The summed E-state index contributed by atoms with van der Waals surface area (Å²) in [5.74, 6) is 0.792. The monoisotopic (exact) mass is 326 g/mol. The van der Waals surface area contributed by atoms with Crippen molar-refractivity contribution in [2.45, 2.75) is 18.9 Å². The van der Waals surface area contributed by atoms with Crippen LogP contribution in [0.15, 0.2) is 48.5 Å². The zero-order valence-corrected chi connectivity index (χ0v) is 13.7. The van der Waals surface area contributed by atoms with E-state index in [0.717, 1.165) is 35.4 Å². The van der Waals surface area contributed by atoms with E-state index in [4.69, 9.17) is 4.74 Å². The first-order chi connectivity index (χ1) is 11.7. The average Bonchev–Trinajstić information content (AvgIpc) is 3.11. The van der Waals surface area contributed by atoms with E-state index in [1.165, 1.54) is 0 Å². The van der Waals surface area contributed by atoms with E-state index >= 15 is 0 Å². The van der Waals surface area contributed by atoms with Crippen LogP contribution in [0.25, 0.3) is 11.1 Å². The van der Waals surface area contributed by atoms with Crippen LogP contribution in [0.4, 0.5) is 10.5 Å². The molecule has 0 saturated carbocycles. The van der Waals surface area contributed by atoms with Crippen LogP contribution in [-0.4, -0.2) is 42.3 Å². The van der Waals surface area contributed by atoms with Crippen molar-refractivity contribution in [1.29, 1.82) is 0 Å². The number of aliphatic hydroxyl groups is 1. The fraction of sp³-hybridized carbons (Fsp3) is 0.316. The van der Waals surface area contributed by atoms with E-state index in [1.54, 1.807) is 12.0 Å². The number of urea groups is 1. The summed E-state index contributed by atoms with van der Waals surface area (Å²) in [4.78, 5) is 14.1. The van der Waals surface area contributed by atoms with Gasteiger partial charge in [0.2, 0.25) is 0 Å². The van der Waals surface area contributed by atoms with Gasteiger partial charge in [0.15, 0.2) is 0 Å². The highest BCUT2D eigenvalue weighted by atomic mass is 16.5. The Kier molecular flexibility index (Phi) is 5.01. The number of hydrogen-bond acceptors (Lipinski definition) is 3. The minimum Gasteiger partial charge on any atom is -0.496 e. The summed E-state index contributed by atoms with van der Waals surface area (Å²) in [6, 6.07) is 15.2. The average molecular weight is 326 g/mol. The molecule has 1 atom stereocenters. The Balaban J connectivity index is 1.79. The van der Waals surface area contributed by atoms with Gasteiger partial charge in [0.05, 0.1) is 19.8 Å². The molecular formula is C19H22N2O3. The topological polar surface area (TPSA) is 61.8 Å². The van der Waals surface area contributed by atoms with Gasteiger partial charge in [0, 0.05) is 17.8 Å². The maximum atomic E-state index is 12.4. The first kappa shape index (κ1) is 16.3. The van der Waals surface area contributed by atoms with Gasteiger partial charge in [0.25, 0.3) is 0 Å². The lowest BCUT2D eigenvalue weighted by Gasteiger charge is -2.23. The number of rotatable bonds is 4. The summed E-state index contributed by atoms with van der Waals surface area (Å²) >= 11 is 0. The first-order valence-electron chi connectivity index (χ1n) is 8.15. The lowest BCUT2D eigenvalue weighted by atomic mass is 10.0. The molecule has 2 aromatic rings. The Bertz CT molecular complexity index is 717. The number of amides is 2. The standard InChI is InChI=1S/C19H22N2O3/c1-24-18-10-3-2-9-17(18)14-6-4-7-15(12-14)20-19(23)21-11-5-8-16(21)13-22/h2-4,6-7,9-10,12,16,22H,5,8,11,13H2,1H3,(H,20,23)/t16-/m0/s1. The number of ether oxygens (including phenoxy) is 1. The molecule has 3 rings (SSSR count). The molecule has 2 aromatic carbocycles. The molecule has 1 aliphatic heterocycles. The van der Waals surface area contributed by atoms with Gasteiger partial charge in [-0.05, 0) is 36.6 Å². The Morgan fingerprint density at radius 1 is 1.29 bits per heavy atom. The third kappa shape index (κ3) is 3.36. The van der Waals surface area contributed by atoms with Crippen molar-refractivity contribution in [2.24, 2.45) is 0 Å². The van der Waals surface area contributed by atoms with Gasteiger partial charge >= 0.3 is 6.03 Å². The highest BCUT2D eigenvalue weighted by Crippen LogP contribution is 2.31. The Hall–Kier alpha value is -2.53. The van der Waals surface area contributed by atoms with E-state index < -0.39 is 0 Å². The molecule has 1 heterocycles. The second-order valence-electron chi connectivity index (χ2n) is 5.88. The Morgan fingerprint density at radius 3 is 2.92 bits per heavy atom. The summed E-state index contributed by atoms with van der Waals surface area (Å²) in [6.45, 7) is 0.692. The van der Waals surface area contributed by atoms with Crippen LogP contribution in [0, 0.1) is 0 Å². The fourth-order valence-electron chi connectivity index (χ4n) is 3.14. The highest BCUT2D eigenvalue weighted by molar-refractivity contribution is 5.90. The van der Waals surface area contributed by atoms with Crippen molar-refractivity contribution in [3.63, 3.8) is 0 Å². The molecule has 1 saturated heterocycles. The highest BCUT2D eigenvalue weighted by Gasteiger charge is 2.28. The molecule has 24 heavy (non-hydrogen) atoms. The third-order valence-electron chi connectivity index (χ3n) is 4.38. The summed E-state index contributed by atoms with van der Waals surface area (Å²) < 4.78 is 5.41. The quantitative estimate of drug-likeness (QED) is 0.906. The molecule has 0 unspecified atom stereocenters. The van der Waals surface area contributed by atoms with E-state index in [9.17, 15) is 9.90 Å². The van der Waals surface area contributed by atoms with Gasteiger partial charge in [-0.25, -0.2) is 4.79 Å². The van der Waals surface area contributed by atoms with E-state index in [0.29, 0.717) is 6.54 Å². The molecule has 126 valence electrons. The van der Waals surface area contributed by atoms with Gasteiger partial charge in [-0.15, -0.1) is 0 Å². The van der Waals surface area contributed by atoms with Crippen molar-refractivity contribution in [1.82, 2.24) is 4.90 Å². The number of para-hydroxylation sites is 1. The van der Waals surface area contributed by atoms with Gasteiger partial charge in [0.1, 0.15) is 5.75 Å². The number of nitrogens with one attached hydrogen (secondary N) is 1. The molecule has 0 spiro atoms. The number of carbonyl (C=O) groups is 1. The minimum atomic E-state index is -0.163. The van der Waals surface area contributed by atoms with Crippen LogP contribution >= 0.6 is 0 Å². The fourth-order valence-corrected chi connectivity index (χ4v) is 3.14.